The largest absolute Gasteiger partial charge is 0.292 e. The van der Waals surface area contributed by atoms with Gasteiger partial charge in [0.2, 0.25) is 0 Å². The zero-order valence-corrected chi connectivity index (χ0v) is 38.7. The predicted octanol–water partition coefficient (Wildman–Crippen LogP) is 10.1. The molecule has 0 spiro atoms. The fraction of sp³-hybridized carbons (Fsp3) is 0.333. The van der Waals surface area contributed by atoms with Crippen molar-refractivity contribution >= 4 is 100 Å². The molecule has 4 aromatic carbocycles. The lowest BCUT2D eigenvalue weighted by molar-refractivity contribution is 0.849. The van der Waals surface area contributed by atoms with Crippen molar-refractivity contribution < 1.29 is 0 Å². The van der Waals surface area contributed by atoms with Crippen LogP contribution < -0.4 is 0 Å². The Morgan fingerprint density at radius 3 is 0.533 bits per heavy atom. The van der Waals surface area contributed by atoms with E-state index in [0.29, 0.717) is 52.4 Å². The van der Waals surface area contributed by atoms with Crippen molar-refractivity contribution in [2.24, 2.45) is 39.9 Å². The maximum Gasteiger partial charge on any atom is 0.0407 e. The van der Waals surface area contributed by atoms with E-state index in [1.165, 1.54) is 0 Å². The molecule has 0 fully saturated rings. The summed E-state index contributed by atoms with van der Waals surface area (Å²) in [5, 5.41) is 0. The summed E-state index contributed by atoms with van der Waals surface area (Å²) in [5.74, 6) is 0. The first kappa shape index (κ1) is 46.7. The molecule has 0 aliphatic carbocycles. The molecule has 1 heterocycles. The molecule has 0 unspecified atom stereocenters. The van der Waals surface area contributed by atoms with Crippen molar-refractivity contribution in [2.75, 3.05) is 52.4 Å². The summed E-state index contributed by atoms with van der Waals surface area (Å²) in [6, 6.07) is 16.8. The first-order valence-electron chi connectivity index (χ1n) is 20.4. The van der Waals surface area contributed by atoms with E-state index in [9.17, 15) is 0 Å². The van der Waals surface area contributed by atoms with Crippen LogP contribution in [0.4, 0.5) is 0 Å². The van der Waals surface area contributed by atoms with Crippen LogP contribution in [-0.2, 0) is 0 Å². The molecule has 1 aliphatic rings. The summed E-state index contributed by atoms with van der Waals surface area (Å²) < 4.78 is 0. The lowest BCUT2D eigenvalue weighted by atomic mass is 10.1. The van der Waals surface area contributed by atoms with E-state index in [1.54, 1.807) is 0 Å². The van der Waals surface area contributed by atoms with Crippen LogP contribution in [-0.4, -0.2) is 102 Å². The zero-order chi connectivity index (χ0) is 42.7. The summed E-state index contributed by atoms with van der Waals surface area (Å²) in [4.78, 5) is 41.0. The van der Waals surface area contributed by atoms with E-state index < -0.39 is 0 Å². The molecule has 1 aliphatic heterocycles. The molecule has 0 saturated heterocycles. The van der Waals surface area contributed by atoms with Gasteiger partial charge in [-0.2, -0.15) is 0 Å². The number of aryl methyl sites for hydroxylation is 4. The van der Waals surface area contributed by atoms with Crippen molar-refractivity contribution in [3.63, 3.8) is 0 Å². The third kappa shape index (κ3) is 15.0. The van der Waals surface area contributed by atoms with Crippen molar-refractivity contribution in [1.29, 1.82) is 0 Å². The van der Waals surface area contributed by atoms with Gasteiger partial charge >= 0.3 is 0 Å². The molecule has 0 saturated carbocycles. The normalized spacial score (nSPS) is 15.3. The van der Waals surface area contributed by atoms with Gasteiger partial charge in [-0.1, -0.05) is 0 Å². The molecule has 0 amide bonds. The number of hydrogen-bond acceptors (Lipinski definition) is 12. The summed E-state index contributed by atoms with van der Waals surface area (Å²) in [7, 11) is 0. The highest BCUT2D eigenvalue weighted by atomic mass is 32.1. The molecule has 0 N–H and O–H groups in total. The predicted molar refractivity (Wildman–Crippen MR) is 272 cm³/mol. The van der Waals surface area contributed by atoms with Gasteiger partial charge in [0.05, 0.1) is 0 Å². The van der Waals surface area contributed by atoms with Crippen LogP contribution in [0.25, 0.3) is 0 Å². The second-order valence-electron chi connectivity index (χ2n) is 14.9. The number of fused-ring (bicyclic) bond motifs is 8. The second-order valence-corrected chi connectivity index (χ2v) is 16.7. The average Bonchev–Trinajstić information content (AvgIpc) is 3.21. The van der Waals surface area contributed by atoms with Crippen molar-refractivity contribution in [3.8, 4) is 0 Å². The van der Waals surface area contributed by atoms with Crippen molar-refractivity contribution in [3.05, 3.63) is 115 Å². The minimum Gasteiger partial charge on any atom is -0.292 e. The Morgan fingerprint density at radius 1 is 0.267 bits per heavy atom. The Hall–Kier alpha value is -4.36. The van der Waals surface area contributed by atoms with E-state index in [0.717, 1.165) is 112 Å². The zero-order valence-electron chi connectivity index (χ0n) is 35.1. The number of aliphatic imine (C=N–C) groups is 8. The van der Waals surface area contributed by atoms with Gasteiger partial charge in [0, 0.05) is 166 Å². The Balaban J connectivity index is 1.29. The monoisotopic (exact) mass is 872 g/mol. The van der Waals surface area contributed by atoms with E-state index in [2.05, 4.69) is 116 Å². The van der Waals surface area contributed by atoms with Crippen LogP contribution in [0.15, 0.2) is 108 Å². The van der Waals surface area contributed by atoms with Crippen LogP contribution in [0, 0.1) is 27.7 Å². The maximum atomic E-state index is 4.83. The molecule has 5 rings (SSSR count). The highest BCUT2D eigenvalue weighted by molar-refractivity contribution is 7.81. The molecular formula is C48H56N8S4. The molecule has 60 heavy (non-hydrogen) atoms. The molecule has 0 aromatic heterocycles. The summed E-state index contributed by atoms with van der Waals surface area (Å²) >= 11 is 19.3. The third-order valence-electron chi connectivity index (χ3n) is 9.39. The fourth-order valence-corrected chi connectivity index (χ4v) is 7.42. The highest BCUT2D eigenvalue weighted by Crippen LogP contribution is 2.22. The Bertz CT molecular complexity index is 1870. The molecule has 8 bridgehead atoms. The van der Waals surface area contributed by atoms with Gasteiger partial charge in [-0.3, -0.25) is 39.9 Å². The van der Waals surface area contributed by atoms with Gasteiger partial charge < -0.3 is 0 Å². The Morgan fingerprint density at radius 2 is 0.400 bits per heavy atom. The van der Waals surface area contributed by atoms with Crippen LogP contribution in [0.5, 0.6) is 0 Å². The highest BCUT2D eigenvalue weighted by Gasteiger charge is 2.07. The molecular weight excluding hydrogens is 817 g/mol. The maximum absolute atomic E-state index is 4.83. The standard InChI is InChI=1S/C48H56N8S4/c1-33-17-37-25-49-9-5-11-51-27-39-19-34(2)21-41(46(39)58)29-53-13-7-15-55-31-43-23-36(4)24-44(48(43)60)32-56-16-8-14-54-30-42-22-35(3)20-40(47(42)59)28-52-12-6-10-50-26-38(18-33)45(37)57/h17-32,57-60H,5-16H2,1-4H3. The summed E-state index contributed by atoms with van der Waals surface area (Å²) in [6.45, 7) is 13.6. The Kier molecular flexibility index (Phi) is 19.3. The van der Waals surface area contributed by atoms with E-state index >= 15 is 0 Å². The minimum absolute atomic E-state index is 0.661. The van der Waals surface area contributed by atoms with Gasteiger partial charge in [-0.05, 0) is 124 Å². The van der Waals surface area contributed by atoms with Gasteiger partial charge in [0.1, 0.15) is 0 Å². The lowest BCUT2D eigenvalue weighted by Crippen LogP contribution is -1.97. The molecule has 8 nitrogen and oxygen atoms in total. The first-order valence-corrected chi connectivity index (χ1v) is 22.2. The molecule has 0 atom stereocenters. The van der Waals surface area contributed by atoms with Crippen LogP contribution in [0.2, 0.25) is 0 Å². The SMILES string of the molecule is Cc1cc2c(S)c(c1)C=NCCCN=Cc1cc(C)cc(c1S)C=NCCCN=Cc1cc(C)cc(c1S)C=NCCCN=Cc1cc(C)cc(c1S)C=NCCCN=C2. The Labute approximate surface area is 378 Å². The van der Waals surface area contributed by atoms with E-state index in [4.69, 9.17) is 50.5 Å². The van der Waals surface area contributed by atoms with Crippen molar-refractivity contribution in [1.82, 2.24) is 0 Å². The third-order valence-corrected chi connectivity index (χ3v) is 11.5. The topological polar surface area (TPSA) is 98.9 Å². The molecule has 312 valence electrons. The number of hydrogen-bond donors (Lipinski definition) is 4. The minimum atomic E-state index is 0.661. The summed E-state index contributed by atoms with van der Waals surface area (Å²) in [5.41, 5.74) is 12.4. The number of thiol groups is 4. The van der Waals surface area contributed by atoms with Crippen molar-refractivity contribution in [2.45, 2.75) is 73.0 Å². The second kappa shape index (κ2) is 24.8. The van der Waals surface area contributed by atoms with E-state index in [1.807, 2.05) is 49.7 Å². The van der Waals surface area contributed by atoms with Gasteiger partial charge in [0.15, 0.2) is 0 Å². The average molecular weight is 873 g/mol. The van der Waals surface area contributed by atoms with Crippen LogP contribution in [0.1, 0.15) is 92.4 Å². The smallest absolute Gasteiger partial charge is 0.0407 e. The number of rotatable bonds is 0. The van der Waals surface area contributed by atoms with Crippen LogP contribution >= 0.6 is 50.5 Å². The quantitative estimate of drug-likeness (QED) is 0.127. The summed E-state index contributed by atoms with van der Waals surface area (Å²) in [6.07, 6.45) is 18.5. The lowest BCUT2D eigenvalue weighted by Gasteiger charge is -2.07. The van der Waals surface area contributed by atoms with Gasteiger partial charge in [-0.25, -0.2) is 0 Å². The molecule has 4 aromatic rings. The van der Waals surface area contributed by atoms with Crippen LogP contribution in [0.3, 0.4) is 0 Å². The van der Waals surface area contributed by atoms with E-state index in [-0.39, 0.29) is 0 Å². The molecule has 0 radical (unpaired) electrons. The number of benzene rings is 4. The first-order chi connectivity index (χ1) is 29.1. The molecule has 12 heteroatoms. The van der Waals surface area contributed by atoms with Gasteiger partial charge in [-0.15, -0.1) is 50.5 Å². The van der Waals surface area contributed by atoms with Gasteiger partial charge in [0.25, 0.3) is 0 Å². The number of nitrogens with zero attached hydrogens (tertiary/aromatic N) is 8. The fourth-order valence-electron chi connectivity index (χ4n) is 6.45.